The molecule has 0 aliphatic carbocycles. The lowest BCUT2D eigenvalue weighted by Crippen LogP contribution is -2.86. The van der Waals surface area contributed by atoms with Gasteiger partial charge in [0.05, 0.1) is 16.1 Å². The van der Waals surface area contributed by atoms with Crippen molar-refractivity contribution in [1.29, 1.82) is 0 Å². The fourth-order valence-corrected chi connectivity index (χ4v) is 19.5. The lowest BCUT2D eigenvalue weighted by Gasteiger charge is -2.52. The van der Waals surface area contributed by atoms with Crippen LogP contribution in [0.25, 0.3) is 0 Å². The molecule has 0 spiro atoms. The molecule has 1 N–H and O–H groups in total. The van der Waals surface area contributed by atoms with Gasteiger partial charge in [0.15, 0.2) is 0 Å². The summed E-state index contributed by atoms with van der Waals surface area (Å²) in [5, 5.41) is 4.95. The molecule has 0 aliphatic rings. The topological polar surface area (TPSA) is 37.3 Å². The Labute approximate surface area is 190 Å². The predicted octanol–water partition coefficient (Wildman–Crippen LogP) is 8.48. The van der Waals surface area contributed by atoms with E-state index in [-0.39, 0.29) is 0 Å². The molecule has 0 aromatic rings. The molecule has 0 unspecified atom stereocenters. The lowest BCUT2D eigenvalue weighted by atomic mass is 10.2. The molecule has 2 nitrogen and oxygen atoms in total. The number of carboxylic acid groups (broad SMARTS) is 1. The van der Waals surface area contributed by atoms with Crippen LogP contribution in [-0.2, 0) is 0 Å². The Hall–Kier alpha value is -0.933. The average molecular weight is 589 g/mol. The van der Waals surface area contributed by atoms with E-state index in [0.717, 1.165) is 0 Å². The van der Waals surface area contributed by atoms with Crippen LogP contribution in [0.1, 0.15) is 41.5 Å². The van der Waals surface area contributed by atoms with E-state index in [0.29, 0.717) is 41.5 Å². The molecule has 0 aromatic carbocycles. The molecule has 0 fully saturated rings. The third kappa shape index (κ3) is 4.63. The standard InChI is InChI=1S/C16H20F15O2PSi/c1-9(2,3)34(8(32)33,10(4,5)6)7-35(14(26,27)11(17,18)19,15(28,29)12(20,21)22)16(30,31)13(23,24)25/h7H2,1-6H3/p+1. The normalized spacial score (nSPS) is 16.5. The summed E-state index contributed by atoms with van der Waals surface area (Å²) in [6, 6.07) is 0. The van der Waals surface area contributed by atoms with E-state index in [1.54, 1.807) is 0 Å². The zero-order valence-electron chi connectivity index (χ0n) is 18.7. The molecule has 0 aliphatic heterocycles. The highest BCUT2D eigenvalue weighted by molar-refractivity contribution is 7.94. The number of hydrogen-bond donors (Lipinski definition) is 1. The summed E-state index contributed by atoms with van der Waals surface area (Å²) < 4.78 is 208. The molecule has 210 valence electrons. The van der Waals surface area contributed by atoms with E-state index in [1.807, 2.05) is 0 Å². The largest absolute Gasteiger partial charge is 0.452 e. The molecule has 0 saturated carbocycles. The Morgan fingerprint density at radius 3 is 0.886 bits per heavy atom. The van der Waals surface area contributed by atoms with Crippen LogP contribution in [0, 0.1) is 0 Å². The number of hydrogen-bond acceptors (Lipinski definition) is 1. The third-order valence-electron chi connectivity index (χ3n) is 5.77. The van der Waals surface area contributed by atoms with Crippen molar-refractivity contribution in [3.63, 3.8) is 0 Å². The highest BCUT2D eigenvalue weighted by Crippen LogP contribution is 2.80. The molecular weight excluding hydrogens is 568 g/mol. The molecule has 0 rings (SSSR count). The monoisotopic (exact) mass is 589 g/mol. The van der Waals surface area contributed by atoms with Crippen molar-refractivity contribution in [3.8, 4) is 0 Å². The van der Waals surface area contributed by atoms with Crippen molar-refractivity contribution >= 4 is 21.0 Å². The molecule has 0 atom stereocenters. The zero-order chi connectivity index (χ0) is 29.3. The van der Waals surface area contributed by atoms with Crippen molar-refractivity contribution in [1.82, 2.24) is 0 Å². The van der Waals surface area contributed by atoms with E-state index in [4.69, 9.17) is 0 Å². The maximum Gasteiger partial charge on any atom is 0.449 e. The number of rotatable bonds is 6. The van der Waals surface area contributed by atoms with E-state index in [2.05, 4.69) is 0 Å². The van der Waals surface area contributed by atoms with Gasteiger partial charge in [0.2, 0.25) is 0 Å². The Morgan fingerprint density at radius 1 is 0.571 bits per heavy atom. The quantitative estimate of drug-likeness (QED) is 0.192. The van der Waals surface area contributed by atoms with E-state index in [1.165, 1.54) is 0 Å². The Bertz CT molecular complexity index is 722. The summed E-state index contributed by atoms with van der Waals surface area (Å²) in [5.74, 6) is -3.55. The third-order valence-corrected chi connectivity index (χ3v) is 18.9. The predicted molar refractivity (Wildman–Crippen MR) is 98.1 cm³/mol. The second kappa shape index (κ2) is 8.55. The van der Waals surface area contributed by atoms with Crippen molar-refractivity contribution in [3.05, 3.63) is 0 Å². The van der Waals surface area contributed by atoms with Crippen molar-refractivity contribution in [2.24, 2.45) is 0 Å². The molecule has 0 amide bonds. The summed E-state index contributed by atoms with van der Waals surface area (Å²) in [5.41, 5.74) is -26.6. The van der Waals surface area contributed by atoms with Crippen LogP contribution in [0.15, 0.2) is 0 Å². The van der Waals surface area contributed by atoms with Crippen LogP contribution in [-0.4, -0.2) is 70.2 Å². The minimum atomic E-state index is -10.0. The minimum absolute atomic E-state index is 0.641. The Morgan fingerprint density at radius 2 is 0.771 bits per heavy atom. The van der Waals surface area contributed by atoms with Crippen LogP contribution in [0.4, 0.5) is 70.7 Å². The van der Waals surface area contributed by atoms with Gasteiger partial charge in [0, 0.05) is 0 Å². The summed E-state index contributed by atoms with van der Waals surface area (Å²) in [4.78, 5) is 12.2. The first-order valence-electron chi connectivity index (χ1n) is 9.10. The molecular formula is C16H21F15O2PSi+. The van der Waals surface area contributed by atoms with E-state index in [9.17, 15) is 75.8 Å². The summed E-state index contributed by atoms with van der Waals surface area (Å²) in [6.07, 6.45) is -23.3. The van der Waals surface area contributed by atoms with Crippen LogP contribution in [0.5, 0.6) is 0 Å². The lowest BCUT2D eigenvalue weighted by molar-refractivity contribution is -0.304. The number of alkyl halides is 15. The molecule has 19 heteroatoms. The zero-order valence-corrected chi connectivity index (χ0v) is 20.6. The molecule has 35 heavy (non-hydrogen) atoms. The van der Waals surface area contributed by atoms with E-state index >= 15 is 0 Å². The second-order valence-corrected chi connectivity index (χ2v) is 19.4. The van der Waals surface area contributed by atoms with Crippen molar-refractivity contribution in [2.45, 2.75) is 87.0 Å². The first kappa shape index (κ1) is 34.1. The van der Waals surface area contributed by atoms with Crippen LogP contribution >= 0.6 is 7.26 Å². The number of carbonyl (C=O) groups is 1. The highest BCUT2D eigenvalue weighted by atomic mass is 31.2. The van der Waals surface area contributed by atoms with Gasteiger partial charge < -0.3 is 5.11 Å². The SMILES string of the molecule is CC(C)(C)[P+](C[Si](C(F)(F)C(F)(F)F)(C(F)(F)C(F)(F)F)C(F)(F)C(F)(F)F)(C(=O)O)C(C)(C)C. The maximum atomic E-state index is 14.7. The molecule has 0 radical (unpaired) electrons. The molecule has 0 aromatic heterocycles. The van der Waals surface area contributed by atoms with Gasteiger partial charge in [-0.15, -0.1) is 0 Å². The summed E-state index contributed by atoms with van der Waals surface area (Å²) >= 11 is 0. The Kier molecular flexibility index (Phi) is 8.32. The van der Waals surface area contributed by atoms with Gasteiger partial charge in [-0.3, -0.25) is 0 Å². The van der Waals surface area contributed by atoms with Gasteiger partial charge in [-0.1, -0.05) is 0 Å². The van der Waals surface area contributed by atoms with Gasteiger partial charge in [0.25, 0.3) is 0 Å². The van der Waals surface area contributed by atoms with Crippen molar-refractivity contribution < 1.29 is 75.8 Å². The smallest absolute Gasteiger partial charge is 0.449 e. The Balaban J connectivity index is 8.65. The van der Waals surface area contributed by atoms with Crippen LogP contribution < -0.4 is 0 Å². The van der Waals surface area contributed by atoms with Gasteiger partial charge in [-0.25, -0.2) is 31.1 Å². The maximum absolute atomic E-state index is 14.7. The first-order valence-corrected chi connectivity index (χ1v) is 13.3. The first-order chi connectivity index (χ1) is 14.7. The molecule has 0 heterocycles. The van der Waals surface area contributed by atoms with Crippen LogP contribution in [0.2, 0.25) is 0 Å². The highest BCUT2D eigenvalue weighted by Gasteiger charge is 3.01. The van der Waals surface area contributed by atoms with Gasteiger partial charge in [0.1, 0.15) is 7.26 Å². The molecule has 0 bridgehead atoms. The fraction of sp³-hybridized carbons (Fsp3) is 0.938. The van der Waals surface area contributed by atoms with Gasteiger partial charge >= 0.3 is 49.0 Å². The second-order valence-electron chi connectivity index (χ2n) is 9.71. The van der Waals surface area contributed by atoms with Crippen molar-refractivity contribution in [2.75, 3.05) is 5.79 Å². The van der Waals surface area contributed by atoms with Crippen LogP contribution in [0.3, 0.4) is 0 Å². The summed E-state index contributed by atoms with van der Waals surface area (Å²) in [7, 11) is -15.5. The number of halogens is 15. The molecule has 0 saturated heterocycles. The van der Waals surface area contributed by atoms with Gasteiger partial charge in [-0.05, 0) is 41.5 Å². The minimum Gasteiger partial charge on any atom is -0.452 e. The fourth-order valence-electron chi connectivity index (χ4n) is 4.09. The van der Waals surface area contributed by atoms with Gasteiger partial charge in [-0.2, -0.15) is 39.5 Å². The van der Waals surface area contributed by atoms with E-state index < -0.39 is 72.3 Å². The summed E-state index contributed by atoms with van der Waals surface area (Å²) in [6.45, 7) is 3.85. The average Bonchev–Trinajstić information content (AvgIpc) is 2.48.